The van der Waals surface area contributed by atoms with Crippen molar-refractivity contribution in [2.75, 3.05) is 26.3 Å². The Morgan fingerprint density at radius 2 is 1.85 bits per heavy atom. The third-order valence-corrected chi connectivity index (χ3v) is 5.14. The molecular weight excluding hydrogens is 421 g/mol. The Hall–Kier alpha value is -2.74. The summed E-state index contributed by atoms with van der Waals surface area (Å²) in [6.07, 6.45) is -0.597. The zero-order chi connectivity index (χ0) is 23.8. The molecule has 0 bridgehead atoms. The number of ether oxygens (including phenoxy) is 2. The van der Waals surface area contributed by atoms with Crippen molar-refractivity contribution in [3.63, 3.8) is 0 Å². The van der Waals surface area contributed by atoms with Crippen LogP contribution in [0.25, 0.3) is 5.69 Å². The zero-order valence-electron chi connectivity index (χ0n) is 19.9. The van der Waals surface area contributed by atoms with Gasteiger partial charge in [-0.25, -0.2) is 9.07 Å². The van der Waals surface area contributed by atoms with Crippen LogP contribution in [0, 0.1) is 18.7 Å². The molecule has 0 aliphatic heterocycles. The summed E-state index contributed by atoms with van der Waals surface area (Å²) in [5.74, 6) is 0.982. The van der Waals surface area contributed by atoms with Gasteiger partial charge in [0, 0.05) is 32.3 Å². The Morgan fingerprint density at radius 1 is 1.09 bits per heavy atom. The lowest BCUT2D eigenvalue weighted by Gasteiger charge is -2.27. The van der Waals surface area contributed by atoms with Gasteiger partial charge in [0.2, 0.25) is 5.88 Å². The summed E-state index contributed by atoms with van der Waals surface area (Å²) in [5, 5.41) is 15.2. The van der Waals surface area contributed by atoms with Gasteiger partial charge in [0.25, 0.3) is 0 Å². The van der Waals surface area contributed by atoms with Crippen LogP contribution in [0.2, 0.25) is 0 Å². The Labute approximate surface area is 195 Å². The molecule has 0 radical (unpaired) electrons. The van der Waals surface area contributed by atoms with Crippen LogP contribution in [-0.4, -0.2) is 52.2 Å². The summed E-state index contributed by atoms with van der Waals surface area (Å²) in [6.45, 7) is 10.8. The number of hydrogen-bond donors (Lipinski definition) is 1. The summed E-state index contributed by atoms with van der Waals surface area (Å²) in [5.41, 5.74) is 2.57. The predicted octanol–water partition coefficient (Wildman–Crippen LogP) is 4.97. The molecule has 1 atom stereocenters. The molecule has 0 aliphatic rings. The maximum atomic E-state index is 13.8. The summed E-state index contributed by atoms with van der Waals surface area (Å²) < 4.78 is 27.2. The molecule has 0 amide bonds. The van der Waals surface area contributed by atoms with E-state index in [2.05, 4.69) is 18.7 Å². The van der Waals surface area contributed by atoms with Crippen LogP contribution in [0.15, 0.2) is 54.6 Å². The first kappa shape index (κ1) is 24.9. The minimum absolute atomic E-state index is 0.292. The summed E-state index contributed by atoms with van der Waals surface area (Å²) in [6, 6.07) is 15.8. The molecule has 0 spiro atoms. The number of aromatic nitrogens is 2. The first-order valence-corrected chi connectivity index (χ1v) is 11.4. The first-order valence-electron chi connectivity index (χ1n) is 11.4. The largest absolute Gasteiger partial charge is 0.438 e. The van der Waals surface area contributed by atoms with E-state index in [9.17, 15) is 9.50 Å². The van der Waals surface area contributed by atoms with Gasteiger partial charge in [-0.1, -0.05) is 38.1 Å². The zero-order valence-corrected chi connectivity index (χ0v) is 19.9. The molecule has 2 aromatic carbocycles. The average Bonchev–Trinajstić information content (AvgIpc) is 3.07. The molecule has 33 heavy (non-hydrogen) atoms. The molecule has 1 heterocycles. The van der Waals surface area contributed by atoms with Crippen LogP contribution in [0.3, 0.4) is 0 Å². The van der Waals surface area contributed by atoms with Crippen LogP contribution in [0.4, 0.5) is 4.39 Å². The number of aryl methyl sites for hydroxylation is 1. The number of hydrogen-bond acceptors (Lipinski definition) is 5. The molecule has 0 unspecified atom stereocenters. The third kappa shape index (κ3) is 7.12. The van der Waals surface area contributed by atoms with Gasteiger partial charge in [-0.2, -0.15) is 5.10 Å². The van der Waals surface area contributed by atoms with Crippen molar-refractivity contribution in [2.24, 2.45) is 5.92 Å². The average molecular weight is 456 g/mol. The Kier molecular flexibility index (Phi) is 9.00. The van der Waals surface area contributed by atoms with Gasteiger partial charge in [-0.15, -0.1) is 0 Å². The number of benzene rings is 2. The second-order valence-electron chi connectivity index (χ2n) is 8.58. The second kappa shape index (κ2) is 11.9. The maximum absolute atomic E-state index is 13.8. The molecule has 178 valence electrons. The van der Waals surface area contributed by atoms with Gasteiger partial charge >= 0.3 is 0 Å². The lowest BCUT2D eigenvalue weighted by Crippen LogP contribution is -2.37. The Morgan fingerprint density at radius 3 is 2.52 bits per heavy atom. The first-order chi connectivity index (χ1) is 15.9. The highest BCUT2D eigenvalue weighted by atomic mass is 19.1. The van der Waals surface area contributed by atoms with Crippen molar-refractivity contribution >= 4 is 0 Å². The van der Waals surface area contributed by atoms with E-state index in [1.807, 2.05) is 44.2 Å². The highest BCUT2D eigenvalue weighted by Crippen LogP contribution is 2.32. The SMILES string of the molecule is CCOC[C@H](O)CN(Cc1c(C)nn(-c2ccccc2)c1Oc1cccc(F)c1)CC(C)C. The normalized spacial score (nSPS) is 12.5. The van der Waals surface area contributed by atoms with Gasteiger partial charge in [0.1, 0.15) is 11.6 Å². The topological polar surface area (TPSA) is 59.8 Å². The second-order valence-corrected chi connectivity index (χ2v) is 8.58. The van der Waals surface area contributed by atoms with Crippen LogP contribution in [0.1, 0.15) is 32.0 Å². The van der Waals surface area contributed by atoms with Gasteiger partial charge in [0.05, 0.1) is 29.7 Å². The summed E-state index contributed by atoms with van der Waals surface area (Å²) in [4.78, 5) is 2.19. The maximum Gasteiger partial charge on any atom is 0.227 e. The number of aliphatic hydroxyl groups excluding tert-OH is 1. The molecule has 0 fully saturated rings. The van der Waals surface area contributed by atoms with Gasteiger partial charge in [0.15, 0.2) is 0 Å². The standard InChI is InChI=1S/C26H34FN3O3/c1-5-32-18-23(31)16-29(15-19(2)3)17-25-20(4)28-30(22-11-7-6-8-12-22)26(25)33-24-13-9-10-21(27)14-24/h6-14,19,23,31H,5,15-18H2,1-4H3/t23-/m1/s1. The number of halogens is 1. The highest BCUT2D eigenvalue weighted by molar-refractivity contribution is 5.43. The minimum atomic E-state index is -0.597. The van der Waals surface area contributed by atoms with E-state index < -0.39 is 6.10 Å². The minimum Gasteiger partial charge on any atom is -0.438 e. The van der Waals surface area contributed by atoms with E-state index in [1.54, 1.807) is 16.8 Å². The lowest BCUT2D eigenvalue weighted by molar-refractivity contribution is 0.0173. The van der Waals surface area contributed by atoms with E-state index >= 15 is 0 Å². The number of para-hydroxylation sites is 1. The quantitative estimate of drug-likeness (QED) is 0.418. The molecule has 0 saturated carbocycles. The molecule has 1 aromatic heterocycles. The van der Waals surface area contributed by atoms with Crippen molar-refractivity contribution in [1.29, 1.82) is 0 Å². The van der Waals surface area contributed by atoms with Crippen LogP contribution in [-0.2, 0) is 11.3 Å². The van der Waals surface area contributed by atoms with Crippen molar-refractivity contribution in [2.45, 2.75) is 40.3 Å². The molecule has 3 aromatic rings. The molecule has 0 aliphatic carbocycles. The van der Waals surface area contributed by atoms with Crippen molar-refractivity contribution in [3.05, 3.63) is 71.7 Å². The van der Waals surface area contributed by atoms with Crippen molar-refractivity contribution in [3.8, 4) is 17.3 Å². The van der Waals surface area contributed by atoms with Crippen molar-refractivity contribution in [1.82, 2.24) is 14.7 Å². The fourth-order valence-electron chi connectivity index (χ4n) is 3.76. The number of aliphatic hydroxyl groups is 1. The molecular formula is C26H34FN3O3. The molecule has 6 nitrogen and oxygen atoms in total. The van der Waals surface area contributed by atoms with E-state index in [1.165, 1.54) is 12.1 Å². The summed E-state index contributed by atoms with van der Waals surface area (Å²) in [7, 11) is 0. The Bertz CT molecular complexity index is 1010. The van der Waals surface area contributed by atoms with Gasteiger partial charge < -0.3 is 14.6 Å². The molecule has 7 heteroatoms. The van der Waals surface area contributed by atoms with E-state index in [0.717, 1.165) is 23.5 Å². The van der Waals surface area contributed by atoms with Crippen LogP contribution in [0.5, 0.6) is 11.6 Å². The lowest BCUT2D eigenvalue weighted by atomic mass is 10.1. The van der Waals surface area contributed by atoms with Gasteiger partial charge in [-0.3, -0.25) is 4.90 Å². The van der Waals surface area contributed by atoms with Gasteiger partial charge in [-0.05, 0) is 44.0 Å². The fourth-order valence-corrected chi connectivity index (χ4v) is 3.76. The smallest absolute Gasteiger partial charge is 0.227 e. The monoisotopic (exact) mass is 455 g/mol. The van der Waals surface area contributed by atoms with E-state index in [0.29, 0.717) is 43.9 Å². The predicted molar refractivity (Wildman–Crippen MR) is 127 cm³/mol. The summed E-state index contributed by atoms with van der Waals surface area (Å²) >= 11 is 0. The van der Waals surface area contributed by atoms with Crippen molar-refractivity contribution < 1.29 is 19.0 Å². The number of nitrogens with zero attached hydrogens (tertiary/aromatic N) is 3. The number of rotatable bonds is 12. The van der Waals surface area contributed by atoms with Crippen LogP contribution < -0.4 is 4.74 Å². The van der Waals surface area contributed by atoms with E-state index in [4.69, 9.17) is 14.6 Å². The fraction of sp³-hybridized carbons (Fsp3) is 0.423. The van der Waals surface area contributed by atoms with E-state index in [-0.39, 0.29) is 5.82 Å². The molecule has 1 N–H and O–H groups in total. The molecule has 3 rings (SSSR count). The third-order valence-electron chi connectivity index (χ3n) is 5.14. The Balaban J connectivity index is 1.97. The van der Waals surface area contributed by atoms with Crippen LogP contribution >= 0.6 is 0 Å². The highest BCUT2D eigenvalue weighted by Gasteiger charge is 2.23. The molecule has 0 saturated heterocycles.